The van der Waals surface area contributed by atoms with Gasteiger partial charge < -0.3 is 10.0 Å². The molecule has 0 saturated carbocycles. The Morgan fingerprint density at radius 1 is 1.31 bits per heavy atom. The molecule has 0 aliphatic rings. The summed E-state index contributed by atoms with van der Waals surface area (Å²) in [6.07, 6.45) is 3.31. The molecule has 0 unspecified atom stereocenters. The molecule has 0 fully saturated rings. The maximum absolute atomic E-state index is 8.93. The van der Waals surface area contributed by atoms with Crippen LogP contribution in [0, 0.1) is 0 Å². The van der Waals surface area contributed by atoms with Gasteiger partial charge in [0.25, 0.3) is 0 Å². The van der Waals surface area contributed by atoms with Crippen LogP contribution in [-0.4, -0.2) is 17.2 Å². The molecule has 0 atom stereocenters. The Morgan fingerprint density at radius 2 is 2.08 bits per heavy atom. The second-order valence-corrected chi connectivity index (χ2v) is 3.22. The van der Waals surface area contributed by atoms with E-state index in [9.17, 15) is 0 Å². The van der Waals surface area contributed by atoms with Crippen LogP contribution < -0.4 is 5.46 Å². The number of hydrogen-bond donors (Lipinski definition) is 2. The lowest BCUT2D eigenvalue weighted by Crippen LogP contribution is -2.29. The zero-order chi connectivity index (χ0) is 9.68. The predicted octanol–water partition coefficient (Wildman–Crippen LogP) is 0.709. The molecule has 1 rings (SSSR count). The Balaban J connectivity index is 2.68. The first-order valence-corrected chi connectivity index (χ1v) is 4.69. The normalized spacial score (nSPS) is 10.1. The minimum Gasteiger partial charge on any atom is -0.423 e. The van der Waals surface area contributed by atoms with Crippen molar-refractivity contribution in [2.45, 2.75) is 26.2 Å². The van der Waals surface area contributed by atoms with Crippen LogP contribution in [-0.2, 0) is 6.42 Å². The molecule has 2 nitrogen and oxygen atoms in total. The van der Waals surface area contributed by atoms with Crippen LogP contribution in [0.4, 0.5) is 0 Å². The van der Waals surface area contributed by atoms with Crippen LogP contribution in [0.3, 0.4) is 0 Å². The third-order valence-electron chi connectivity index (χ3n) is 2.07. The minimum absolute atomic E-state index is 0.577. The van der Waals surface area contributed by atoms with Crippen molar-refractivity contribution in [3.8, 4) is 0 Å². The van der Waals surface area contributed by atoms with E-state index in [2.05, 4.69) is 6.92 Å². The Labute approximate surface area is 79.4 Å². The molecular weight excluding hydrogens is 163 g/mol. The molecular formula is C10H15BO2. The van der Waals surface area contributed by atoms with Gasteiger partial charge in [-0.05, 0) is 23.9 Å². The average molecular weight is 178 g/mol. The van der Waals surface area contributed by atoms with Gasteiger partial charge in [-0.2, -0.15) is 0 Å². The van der Waals surface area contributed by atoms with Crippen molar-refractivity contribution >= 4 is 12.6 Å². The first-order chi connectivity index (χ1) is 6.24. The van der Waals surface area contributed by atoms with E-state index < -0.39 is 7.12 Å². The van der Waals surface area contributed by atoms with Crippen LogP contribution in [0.25, 0.3) is 0 Å². The van der Waals surface area contributed by atoms with Crippen molar-refractivity contribution in [2.75, 3.05) is 0 Å². The highest BCUT2D eigenvalue weighted by Gasteiger charge is 2.09. The highest BCUT2D eigenvalue weighted by molar-refractivity contribution is 6.58. The van der Waals surface area contributed by atoms with Gasteiger partial charge in [0, 0.05) is 0 Å². The van der Waals surface area contributed by atoms with E-state index in [0.29, 0.717) is 5.46 Å². The number of hydrogen-bond acceptors (Lipinski definition) is 2. The fourth-order valence-electron chi connectivity index (χ4n) is 1.29. The summed E-state index contributed by atoms with van der Waals surface area (Å²) in [6, 6.07) is 7.45. The number of aryl methyl sites for hydroxylation is 1. The highest BCUT2D eigenvalue weighted by atomic mass is 16.4. The van der Waals surface area contributed by atoms with E-state index in [4.69, 9.17) is 10.0 Å². The van der Waals surface area contributed by atoms with Crippen molar-refractivity contribution in [1.82, 2.24) is 0 Å². The van der Waals surface area contributed by atoms with Gasteiger partial charge in [0.2, 0.25) is 0 Å². The molecule has 2 N–H and O–H groups in total. The molecule has 1 aromatic carbocycles. The molecule has 0 bridgehead atoms. The van der Waals surface area contributed by atoms with Gasteiger partial charge in [-0.1, -0.05) is 37.6 Å². The first kappa shape index (κ1) is 10.3. The van der Waals surface area contributed by atoms with E-state index in [0.717, 1.165) is 19.3 Å². The van der Waals surface area contributed by atoms with Crippen molar-refractivity contribution in [2.24, 2.45) is 0 Å². The summed E-state index contributed by atoms with van der Waals surface area (Å²) in [5.41, 5.74) is 1.75. The molecule has 1 aromatic rings. The van der Waals surface area contributed by atoms with Crippen molar-refractivity contribution in [1.29, 1.82) is 0 Å². The Hall–Kier alpha value is -0.795. The van der Waals surface area contributed by atoms with Crippen LogP contribution in [0.5, 0.6) is 0 Å². The van der Waals surface area contributed by atoms with Gasteiger partial charge in [-0.3, -0.25) is 0 Å². The monoisotopic (exact) mass is 178 g/mol. The molecule has 0 aliphatic heterocycles. The lowest BCUT2D eigenvalue weighted by Gasteiger charge is -2.03. The predicted molar refractivity (Wildman–Crippen MR) is 54.9 cm³/mol. The topological polar surface area (TPSA) is 40.5 Å². The molecule has 0 saturated heterocycles. The van der Waals surface area contributed by atoms with Crippen LogP contribution in [0.1, 0.15) is 25.3 Å². The summed E-state index contributed by atoms with van der Waals surface area (Å²) in [5.74, 6) is 0. The van der Waals surface area contributed by atoms with E-state index >= 15 is 0 Å². The standard InChI is InChI=1S/C10H15BO2/c1-2-3-5-9-6-4-7-10(8-9)11(12)13/h4,6-8,12-13H,2-3,5H2,1H3. The third kappa shape index (κ3) is 3.21. The van der Waals surface area contributed by atoms with Crippen LogP contribution >= 0.6 is 0 Å². The number of benzene rings is 1. The Morgan fingerprint density at radius 3 is 2.69 bits per heavy atom. The van der Waals surface area contributed by atoms with E-state index in [1.165, 1.54) is 5.56 Å². The average Bonchev–Trinajstić information content (AvgIpc) is 2.15. The maximum atomic E-state index is 8.93. The van der Waals surface area contributed by atoms with Crippen molar-refractivity contribution in [3.05, 3.63) is 29.8 Å². The maximum Gasteiger partial charge on any atom is 0.488 e. The number of rotatable bonds is 4. The fraction of sp³-hybridized carbons (Fsp3) is 0.400. The zero-order valence-corrected chi connectivity index (χ0v) is 7.90. The highest BCUT2D eigenvalue weighted by Crippen LogP contribution is 2.02. The van der Waals surface area contributed by atoms with Crippen molar-refractivity contribution in [3.63, 3.8) is 0 Å². The van der Waals surface area contributed by atoms with E-state index in [1.807, 2.05) is 18.2 Å². The number of unbranched alkanes of at least 4 members (excludes halogenated alkanes) is 1. The molecule has 0 aromatic heterocycles. The lowest BCUT2D eigenvalue weighted by molar-refractivity contribution is 0.425. The van der Waals surface area contributed by atoms with Gasteiger partial charge >= 0.3 is 7.12 Å². The second kappa shape index (κ2) is 5.05. The molecule has 0 aliphatic carbocycles. The lowest BCUT2D eigenvalue weighted by atomic mass is 9.79. The summed E-state index contributed by atoms with van der Waals surface area (Å²) in [4.78, 5) is 0. The summed E-state index contributed by atoms with van der Waals surface area (Å²) in [6.45, 7) is 2.14. The zero-order valence-electron chi connectivity index (χ0n) is 7.90. The molecule has 3 heteroatoms. The van der Waals surface area contributed by atoms with E-state index in [-0.39, 0.29) is 0 Å². The molecule has 70 valence electrons. The third-order valence-corrected chi connectivity index (χ3v) is 2.07. The SMILES string of the molecule is CCCCc1cccc(B(O)O)c1. The molecule has 0 radical (unpaired) electrons. The summed E-state index contributed by atoms with van der Waals surface area (Å²) >= 11 is 0. The Bertz CT molecular complexity index is 261. The van der Waals surface area contributed by atoms with Gasteiger partial charge in [0.15, 0.2) is 0 Å². The smallest absolute Gasteiger partial charge is 0.423 e. The fourth-order valence-corrected chi connectivity index (χ4v) is 1.29. The van der Waals surface area contributed by atoms with Gasteiger partial charge in [0.1, 0.15) is 0 Å². The van der Waals surface area contributed by atoms with Crippen LogP contribution in [0.2, 0.25) is 0 Å². The van der Waals surface area contributed by atoms with E-state index in [1.54, 1.807) is 6.07 Å². The largest absolute Gasteiger partial charge is 0.488 e. The molecule has 0 heterocycles. The van der Waals surface area contributed by atoms with Gasteiger partial charge in [-0.25, -0.2) is 0 Å². The van der Waals surface area contributed by atoms with Gasteiger partial charge in [0.05, 0.1) is 0 Å². The first-order valence-electron chi connectivity index (χ1n) is 4.69. The molecule has 0 amide bonds. The Kier molecular flexibility index (Phi) is 3.99. The van der Waals surface area contributed by atoms with Crippen molar-refractivity contribution < 1.29 is 10.0 Å². The summed E-state index contributed by atoms with van der Waals surface area (Å²) in [5, 5.41) is 17.9. The quantitative estimate of drug-likeness (QED) is 0.666. The van der Waals surface area contributed by atoms with Gasteiger partial charge in [-0.15, -0.1) is 0 Å². The molecule has 13 heavy (non-hydrogen) atoms. The second-order valence-electron chi connectivity index (χ2n) is 3.22. The molecule has 0 spiro atoms. The summed E-state index contributed by atoms with van der Waals surface area (Å²) in [7, 11) is -1.35. The van der Waals surface area contributed by atoms with Crippen LogP contribution in [0.15, 0.2) is 24.3 Å². The minimum atomic E-state index is -1.35. The summed E-state index contributed by atoms with van der Waals surface area (Å²) < 4.78 is 0.